The Morgan fingerprint density at radius 2 is 1.77 bits per heavy atom. The van der Waals surface area contributed by atoms with Gasteiger partial charge in [-0.15, -0.1) is 0 Å². The highest BCUT2D eigenvalue weighted by Crippen LogP contribution is 2.31. The molecule has 0 saturated carbocycles. The number of hydrogen-bond acceptors (Lipinski definition) is 9. The number of nitrogens with one attached hydrogen (secondary N) is 2. The molecule has 2 aliphatic rings. The highest BCUT2D eigenvalue weighted by Gasteiger charge is 2.19. The summed E-state index contributed by atoms with van der Waals surface area (Å²) in [5, 5.41) is 3.17. The lowest BCUT2D eigenvalue weighted by Crippen LogP contribution is -2.37. The van der Waals surface area contributed by atoms with Gasteiger partial charge in [-0.05, 0) is 19.1 Å². The van der Waals surface area contributed by atoms with Crippen molar-refractivity contribution in [2.24, 2.45) is 0 Å². The number of sulfonamides is 1. The Balaban J connectivity index is 1.34. The summed E-state index contributed by atoms with van der Waals surface area (Å²) in [7, 11) is -3.67. The Kier molecular flexibility index (Phi) is 6.73. The highest BCUT2D eigenvalue weighted by atomic mass is 32.2. The highest BCUT2D eigenvalue weighted by molar-refractivity contribution is 7.89. The van der Waals surface area contributed by atoms with Crippen molar-refractivity contribution in [3.63, 3.8) is 0 Å². The zero-order valence-corrected chi connectivity index (χ0v) is 18.3. The molecule has 4 rings (SSSR count). The van der Waals surface area contributed by atoms with Crippen LogP contribution in [0, 0.1) is 6.92 Å². The molecule has 2 aromatic rings. The SMILES string of the molecule is Cc1nc(NCCNS(=O)(=O)c2ccc3c(c2)OCCCO3)cc(N2CCOCC2)n1. The second kappa shape index (κ2) is 9.67. The Morgan fingerprint density at radius 1 is 1.00 bits per heavy atom. The maximum atomic E-state index is 12.7. The van der Waals surface area contributed by atoms with Crippen LogP contribution in [0.2, 0.25) is 0 Å². The maximum Gasteiger partial charge on any atom is 0.240 e. The van der Waals surface area contributed by atoms with Gasteiger partial charge < -0.3 is 24.4 Å². The fraction of sp³-hybridized carbons (Fsp3) is 0.500. The lowest BCUT2D eigenvalue weighted by Gasteiger charge is -2.28. The molecule has 0 radical (unpaired) electrons. The lowest BCUT2D eigenvalue weighted by molar-refractivity contribution is 0.122. The minimum absolute atomic E-state index is 0.143. The van der Waals surface area contributed by atoms with E-state index in [0.717, 1.165) is 25.3 Å². The number of aryl methyl sites for hydroxylation is 1. The van der Waals surface area contributed by atoms with Crippen molar-refractivity contribution in [1.29, 1.82) is 0 Å². The topological polar surface area (TPSA) is 115 Å². The van der Waals surface area contributed by atoms with E-state index in [1.54, 1.807) is 6.07 Å². The van der Waals surface area contributed by atoms with E-state index < -0.39 is 10.0 Å². The van der Waals surface area contributed by atoms with E-state index in [2.05, 4.69) is 24.9 Å². The minimum atomic E-state index is -3.67. The molecule has 3 heterocycles. The number of fused-ring (bicyclic) bond motifs is 1. The molecule has 0 atom stereocenters. The van der Waals surface area contributed by atoms with Gasteiger partial charge in [0.05, 0.1) is 31.3 Å². The third-order valence-electron chi connectivity index (χ3n) is 4.91. The molecule has 0 amide bonds. The Labute approximate surface area is 182 Å². The van der Waals surface area contributed by atoms with E-state index in [9.17, 15) is 8.42 Å². The second-order valence-electron chi connectivity index (χ2n) is 7.24. The van der Waals surface area contributed by atoms with Crippen molar-refractivity contribution >= 4 is 21.7 Å². The number of hydrogen-bond donors (Lipinski definition) is 2. The molecule has 1 aromatic carbocycles. The van der Waals surface area contributed by atoms with Gasteiger partial charge in [-0.2, -0.15) is 0 Å². The van der Waals surface area contributed by atoms with Crippen LogP contribution in [-0.2, 0) is 14.8 Å². The number of rotatable bonds is 7. The van der Waals surface area contributed by atoms with Gasteiger partial charge in [0, 0.05) is 44.7 Å². The second-order valence-corrected chi connectivity index (χ2v) is 9.01. The van der Waals surface area contributed by atoms with Crippen LogP contribution < -0.4 is 24.4 Å². The van der Waals surface area contributed by atoms with Gasteiger partial charge in [0.2, 0.25) is 10.0 Å². The fourth-order valence-corrected chi connectivity index (χ4v) is 4.41. The zero-order chi connectivity index (χ0) is 21.7. The molecule has 168 valence electrons. The quantitative estimate of drug-likeness (QED) is 0.601. The molecule has 2 N–H and O–H groups in total. The molecule has 2 aliphatic heterocycles. The number of benzene rings is 1. The van der Waals surface area contributed by atoms with Crippen molar-refractivity contribution < 1.29 is 22.6 Å². The van der Waals surface area contributed by atoms with Gasteiger partial charge >= 0.3 is 0 Å². The monoisotopic (exact) mass is 449 g/mol. The van der Waals surface area contributed by atoms with Crippen LogP contribution in [0.4, 0.5) is 11.6 Å². The molecule has 1 fully saturated rings. The van der Waals surface area contributed by atoms with Crippen LogP contribution in [0.1, 0.15) is 12.2 Å². The molecule has 0 spiro atoms. The molecule has 31 heavy (non-hydrogen) atoms. The van der Waals surface area contributed by atoms with E-state index in [4.69, 9.17) is 14.2 Å². The smallest absolute Gasteiger partial charge is 0.240 e. The Morgan fingerprint density at radius 3 is 2.58 bits per heavy atom. The summed E-state index contributed by atoms with van der Waals surface area (Å²) >= 11 is 0. The first-order chi connectivity index (χ1) is 15.0. The average molecular weight is 450 g/mol. The van der Waals surface area contributed by atoms with Crippen LogP contribution in [0.15, 0.2) is 29.2 Å². The number of anilines is 2. The van der Waals surface area contributed by atoms with Gasteiger partial charge in [0.1, 0.15) is 17.5 Å². The zero-order valence-electron chi connectivity index (χ0n) is 17.5. The molecule has 1 aromatic heterocycles. The van der Waals surface area contributed by atoms with Gasteiger partial charge in [-0.25, -0.2) is 23.1 Å². The van der Waals surface area contributed by atoms with E-state index in [0.29, 0.717) is 56.1 Å². The van der Waals surface area contributed by atoms with Crippen molar-refractivity contribution in [2.75, 3.05) is 62.8 Å². The molecule has 0 unspecified atom stereocenters. The number of morpholine rings is 1. The number of ether oxygens (including phenoxy) is 3. The van der Waals surface area contributed by atoms with Crippen molar-refractivity contribution in [3.8, 4) is 11.5 Å². The van der Waals surface area contributed by atoms with Crippen LogP contribution in [0.3, 0.4) is 0 Å². The molecule has 1 saturated heterocycles. The van der Waals surface area contributed by atoms with E-state index in [1.165, 1.54) is 12.1 Å². The summed E-state index contributed by atoms with van der Waals surface area (Å²) in [6, 6.07) is 6.52. The van der Waals surface area contributed by atoms with Crippen LogP contribution in [0.5, 0.6) is 11.5 Å². The Bertz CT molecular complexity index is 1010. The lowest BCUT2D eigenvalue weighted by atomic mass is 10.3. The average Bonchev–Trinajstić information content (AvgIpc) is 3.02. The van der Waals surface area contributed by atoms with E-state index in [-0.39, 0.29) is 11.4 Å². The largest absolute Gasteiger partial charge is 0.490 e. The van der Waals surface area contributed by atoms with E-state index in [1.807, 2.05) is 13.0 Å². The number of aromatic nitrogens is 2. The van der Waals surface area contributed by atoms with Crippen molar-refractivity contribution in [3.05, 3.63) is 30.1 Å². The molecule has 0 bridgehead atoms. The van der Waals surface area contributed by atoms with Gasteiger partial charge in [0.15, 0.2) is 11.5 Å². The molecular weight excluding hydrogens is 422 g/mol. The first kappa shape index (κ1) is 21.6. The predicted octanol–water partition coefficient (Wildman–Crippen LogP) is 1.17. The predicted molar refractivity (Wildman–Crippen MR) is 116 cm³/mol. The molecule has 10 nitrogen and oxygen atoms in total. The molecule has 0 aliphatic carbocycles. The summed E-state index contributed by atoms with van der Waals surface area (Å²) in [5.41, 5.74) is 0. The fourth-order valence-electron chi connectivity index (χ4n) is 3.37. The van der Waals surface area contributed by atoms with Gasteiger partial charge in [0.25, 0.3) is 0 Å². The van der Waals surface area contributed by atoms with Gasteiger partial charge in [-0.3, -0.25) is 0 Å². The van der Waals surface area contributed by atoms with Crippen LogP contribution >= 0.6 is 0 Å². The summed E-state index contributed by atoms with van der Waals surface area (Å²) in [6.45, 7) is 6.38. The third kappa shape index (κ3) is 5.54. The minimum Gasteiger partial charge on any atom is -0.490 e. The maximum absolute atomic E-state index is 12.7. The first-order valence-corrected chi connectivity index (χ1v) is 11.8. The van der Waals surface area contributed by atoms with E-state index >= 15 is 0 Å². The van der Waals surface area contributed by atoms with Crippen molar-refractivity contribution in [2.45, 2.75) is 18.2 Å². The summed E-state index contributed by atoms with van der Waals surface area (Å²) in [5.74, 6) is 3.16. The number of nitrogens with zero attached hydrogens (tertiary/aromatic N) is 3. The van der Waals surface area contributed by atoms with Crippen LogP contribution in [-0.4, -0.2) is 71.0 Å². The normalized spacial score (nSPS) is 16.6. The standard InChI is InChI=1S/C20H27N5O5S/c1-15-23-19(14-20(24-15)25-7-11-28-12-8-25)21-5-6-22-31(26,27)16-3-4-17-18(13-16)30-10-2-9-29-17/h3-4,13-14,22H,2,5-12H2,1H3,(H,21,23,24). The third-order valence-corrected chi connectivity index (χ3v) is 6.37. The molecular formula is C20H27N5O5S. The summed E-state index contributed by atoms with van der Waals surface area (Å²) in [6.07, 6.45) is 0.760. The molecule has 11 heteroatoms. The van der Waals surface area contributed by atoms with Crippen LogP contribution in [0.25, 0.3) is 0 Å². The first-order valence-electron chi connectivity index (χ1n) is 10.3. The summed E-state index contributed by atoms with van der Waals surface area (Å²) < 4.78 is 44.4. The Hall–Kier alpha value is -2.63. The van der Waals surface area contributed by atoms with Gasteiger partial charge in [-0.1, -0.05) is 0 Å². The van der Waals surface area contributed by atoms with Crippen molar-refractivity contribution in [1.82, 2.24) is 14.7 Å². The summed E-state index contributed by atoms with van der Waals surface area (Å²) in [4.78, 5) is 11.2.